The first-order valence-corrected chi connectivity index (χ1v) is 9.78. The number of carbonyl (C=O) groups is 2. The van der Waals surface area contributed by atoms with Crippen LogP contribution in [0.1, 0.15) is 11.1 Å². The van der Waals surface area contributed by atoms with Crippen LogP contribution in [0, 0.1) is 5.82 Å². The zero-order valence-corrected chi connectivity index (χ0v) is 16.8. The van der Waals surface area contributed by atoms with Gasteiger partial charge in [-0.05, 0) is 41.8 Å². The van der Waals surface area contributed by atoms with Crippen molar-refractivity contribution in [2.45, 2.75) is 6.42 Å². The number of carbonyl (C=O) groups excluding carboxylic acids is 2. The summed E-state index contributed by atoms with van der Waals surface area (Å²) in [7, 11) is 1.76. The predicted octanol–water partition coefficient (Wildman–Crippen LogP) is 2.51. The molecule has 1 unspecified atom stereocenters. The highest BCUT2D eigenvalue weighted by Crippen LogP contribution is 2.18. The van der Waals surface area contributed by atoms with E-state index in [2.05, 4.69) is 10.6 Å². The largest absolute Gasteiger partial charge is 0.322 e. The molecule has 0 aromatic heterocycles. The molecule has 0 fully saturated rings. The molecule has 0 saturated carbocycles. The Kier molecular flexibility index (Phi) is 7.29. The van der Waals surface area contributed by atoms with Gasteiger partial charge in [-0.3, -0.25) is 9.59 Å². The van der Waals surface area contributed by atoms with Gasteiger partial charge in [0.1, 0.15) is 5.82 Å². The third-order valence-corrected chi connectivity index (χ3v) is 4.56. The van der Waals surface area contributed by atoms with Crippen molar-refractivity contribution in [2.75, 3.05) is 30.8 Å². The topological polar surface area (TPSA) is 62.6 Å². The fourth-order valence-corrected chi connectivity index (χ4v) is 3.19. The van der Waals surface area contributed by atoms with Crippen LogP contribution in [0.25, 0.3) is 0 Å². The van der Waals surface area contributed by atoms with Crippen molar-refractivity contribution < 1.29 is 18.9 Å². The lowest BCUT2D eigenvalue weighted by molar-refractivity contribution is -0.862. The van der Waals surface area contributed by atoms with Crippen LogP contribution in [0.5, 0.6) is 0 Å². The summed E-state index contributed by atoms with van der Waals surface area (Å²) in [5, 5.41) is 5.59. The van der Waals surface area contributed by atoms with E-state index in [1.165, 1.54) is 18.2 Å². The van der Waals surface area contributed by atoms with E-state index in [-0.39, 0.29) is 24.9 Å². The third-order valence-electron chi connectivity index (χ3n) is 4.56. The Labute approximate surface area is 175 Å². The molecule has 3 aromatic carbocycles. The Hall–Kier alpha value is -3.51. The molecule has 3 aromatic rings. The second-order valence-corrected chi connectivity index (χ2v) is 7.24. The predicted molar refractivity (Wildman–Crippen MR) is 116 cm³/mol. The average molecular weight is 406 g/mol. The first-order chi connectivity index (χ1) is 14.5. The lowest BCUT2D eigenvalue weighted by atomic mass is 10.0. The van der Waals surface area contributed by atoms with Crippen LogP contribution in [0.15, 0.2) is 78.9 Å². The highest BCUT2D eigenvalue weighted by Gasteiger charge is 2.15. The molecule has 3 rings (SSSR count). The number of likely N-dealkylation sites (N-methyl/N-ethyl adjacent to an activating group) is 1. The van der Waals surface area contributed by atoms with E-state index in [0.717, 1.165) is 28.1 Å². The monoisotopic (exact) mass is 406 g/mol. The summed E-state index contributed by atoms with van der Waals surface area (Å²) in [6, 6.07) is 23.5. The first kappa shape index (κ1) is 21.2. The number of para-hydroxylation sites is 1. The second-order valence-electron chi connectivity index (χ2n) is 7.24. The molecular weight excluding hydrogens is 381 g/mol. The van der Waals surface area contributed by atoms with Gasteiger partial charge in [0.05, 0.1) is 7.05 Å². The molecule has 5 nitrogen and oxygen atoms in total. The van der Waals surface area contributed by atoms with Gasteiger partial charge in [0.25, 0.3) is 11.8 Å². The van der Waals surface area contributed by atoms with E-state index < -0.39 is 5.82 Å². The fourth-order valence-electron chi connectivity index (χ4n) is 3.19. The molecule has 0 bridgehead atoms. The summed E-state index contributed by atoms with van der Waals surface area (Å²) in [6.07, 6.45) is 0.718. The van der Waals surface area contributed by atoms with Gasteiger partial charge in [-0.1, -0.05) is 54.6 Å². The van der Waals surface area contributed by atoms with Crippen molar-refractivity contribution in [3.8, 4) is 0 Å². The van der Waals surface area contributed by atoms with Crippen LogP contribution in [0.2, 0.25) is 0 Å². The van der Waals surface area contributed by atoms with Gasteiger partial charge in [-0.15, -0.1) is 0 Å². The Morgan fingerprint density at radius 2 is 1.50 bits per heavy atom. The number of anilines is 2. The molecule has 2 amide bonds. The zero-order valence-electron chi connectivity index (χ0n) is 16.8. The van der Waals surface area contributed by atoms with Gasteiger partial charge >= 0.3 is 0 Å². The summed E-state index contributed by atoms with van der Waals surface area (Å²) in [5.41, 5.74) is 3.35. The Balaban J connectivity index is 1.53. The van der Waals surface area contributed by atoms with Crippen molar-refractivity contribution in [3.05, 3.63) is 95.8 Å². The summed E-state index contributed by atoms with van der Waals surface area (Å²) < 4.78 is 13.2. The number of amides is 2. The van der Waals surface area contributed by atoms with Gasteiger partial charge in [0.15, 0.2) is 13.1 Å². The van der Waals surface area contributed by atoms with E-state index in [4.69, 9.17) is 0 Å². The Morgan fingerprint density at radius 1 is 0.833 bits per heavy atom. The van der Waals surface area contributed by atoms with Gasteiger partial charge < -0.3 is 15.5 Å². The van der Waals surface area contributed by atoms with E-state index in [1.54, 1.807) is 13.1 Å². The van der Waals surface area contributed by atoms with Crippen LogP contribution in [-0.2, 0) is 16.0 Å². The van der Waals surface area contributed by atoms with Crippen LogP contribution in [0.3, 0.4) is 0 Å². The minimum Gasteiger partial charge on any atom is -0.322 e. The fraction of sp³-hybridized carbons (Fsp3) is 0.167. The van der Waals surface area contributed by atoms with Gasteiger partial charge in [0.2, 0.25) is 0 Å². The normalized spacial score (nSPS) is 11.5. The van der Waals surface area contributed by atoms with Crippen molar-refractivity contribution in [3.63, 3.8) is 0 Å². The average Bonchev–Trinajstić information content (AvgIpc) is 2.70. The lowest BCUT2D eigenvalue weighted by Crippen LogP contribution is -3.11. The second kappa shape index (κ2) is 10.3. The van der Waals surface area contributed by atoms with Crippen molar-refractivity contribution in [2.24, 2.45) is 0 Å². The van der Waals surface area contributed by atoms with Gasteiger partial charge in [-0.2, -0.15) is 0 Å². The van der Waals surface area contributed by atoms with Crippen molar-refractivity contribution >= 4 is 23.2 Å². The number of rotatable bonds is 8. The van der Waals surface area contributed by atoms with E-state index in [9.17, 15) is 14.0 Å². The minimum absolute atomic E-state index is 0.0929. The number of nitrogens with one attached hydrogen (secondary N) is 3. The van der Waals surface area contributed by atoms with E-state index in [0.29, 0.717) is 5.69 Å². The smallest absolute Gasteiger partial charge is 0.279 e. The van der Waals surface area contributed by atoms with Gasteiger partial charge in [-0.25, -0.2) is 4.39 Å². The maximum absolute atomic E-state index is 13.2. The van der Waals surface area contributed by atoms with Crippen LogP contribution in [0.4, 0.5) is 15.8 Å². The minimum atomic E-state index is -0.415. The molecule has 3 N–H and O–H groups in total. The number of hydrogen-bond donors (Lipinski definition) is 3. The maximum atomic E-state index is 13.2. The third kappa shape index (κ3) is 6.53. The standard InChI is InChI=1S/C24H24FN3O2/c1-28(16-23(29)26-21-12-7-11-20(25)15-21)17-24(30)27-22-13-6-5-10-19(22)14-18-8-3-2-4-9-18/h2-13,15H,14,16-17H2,1H3,(H,26,29)(H,27,30)/p+1. The molecule has 0 aliphatic carbocycles. The summed E-state index contributed by atoms with van der Waals surface area (Å²) in [5.74, 6) is -0.871. The molecular formula is C24H25FN3O2+. The molecule has 0 aliphatic heterocycles. The molecule has 0 aliphatic rings. The molecule has 0 radical (unpaired) electrons. The Bertz CT molecular complexity index is 1010. The summed E-state index contributed by atoms with van der Waals surface area (Å²) in [6.45, 7) is 0.228. The molecule has 0 spiro atoms. The van der Waals surface area contributed by atoms with E-state index >= 15 is 0 Å². The first-order valence-electron chi connectivity index (χ1n) is 9.78. The number of benzene rings is 3. The molecule has 6 heteroatoms. The molecule has 1 atom stereocenters. The van der Waals surface area contributed by atoms with Crippen molar-refractivity contribution in [1.29, 1.82) is 0 Å². The lowest BCUT2D eigenvalue weighted by Gasteiger charge is -2.15. The summed E-state index contributed by atoms with van der Waals surface area (Å²) in [4.78, 5) is 25.4. The number of halogens is 1. The summed E-state index contributed by atoms with van der Waals surface area (Å²) >= 11 is 0. The van der Waals surface area contributed by atoms with Crippen LogP contribution >= 0.6 is 0 Å². The van der Waals surface area contributed by atoms with E-state index in [1.807, 2.05) is 54.6 Å². The maximum Gasteiger partial charge on any atom is 0.279 e. The van der Waals surface area contributed by atoms with Crippen molar-refractivity contribution in [1.82, 2.24) is 0 Å². The molecule has 0 heterocycles. The highest BCUT2D eigenvalue weighted by molar-refractivity contribution is 5.93. The van der Waals surface area contributed by atoms with Crippen LogP contribution in [-0.4, -0.2) is 32.0 Å². The number of quaternary nitrogens is 1. The molecule has 154 valence electrons. The molecule has 30 heavy (non-hydrogen) atoms. The van der Waals surface area contributed by atoms with Crippen LogP contribution < -0.4 is 15.5 Å². The molecule has 0 saturated heterocycles. The SMILES string of the molecule is C[NH+](CC(=O)Nc1cccc(F)c1)CC(=O)Nc1ccccc1Cc1ccccc1. The quantitative estimate of drug-likeness (QED) is 0.538. The zero-order chi connectivity index (χ0) is 21.3. The number of hydrogen-bond acceptors (Lipinski definition) is 2. The highest BCUT2D eigenvalue weighted by atomic mass is 19.1. The Morgan fingerprint density at radius 3 is 2.23 bits per heavy atom. The van der Waals surface area contributed by atoms with Gasteiger partial charge in [0, 0.05) is 11.4 Å².